The van der Waals surface area contributed by atoms with Crippen molar-refractivity contribution in [1.29, 1.82) is 0 Å². The van der Waals surface area contributed by atoms with Crippen molar-refractivity contribution in [3.8, 4) is 0 Å². The van der Waals surface area contributed by atoms with Crippen LogP contribution in [0.3, 0.4) is 0 Å². The van der Waals surface area contributed by atoms with Crippen LogP contribution in [0.5, 0.6) is 0 Å². The molecule has 5 rings (SSSR count). The van der Waals surface area contributed by atoms with Gasteiger partial charge in [0.15, 0.2) is 0 Å². The minimum Gasteiger partial charge on any atom is -0.335 e. The number of aromatic nitrogens is 3. The van der Waals surface area contributed by atoms with Crippen molar-refractivity contribution in [3.63, 3.8) is 0 Å². The van der Waals surface area contributed by atoms with Crippen molar-refractivity contribution >= 4 is 33.4 Å². The predicted molar refractivity (Wildman–Crippen MR) is 124 cm³/mol. The summed E-state index contributed by atoms with van der Waals surface area (Å²) >= 11 is 1.49. The lowest BCUT2D eigenvalue weighted by Gasteiger charge is -2.34. The Bertz CT molecular complexity index is 1260. The number of carbonyl (C=O) groups excluding carboxylic acids is 2. The summed E-state index contributed by atoms with van der Waals surface area (Å²) in [6, 6.07) is 15.7. The van der Waals surface area contributed by atoms with E-state index in [4.69, 9.17) is 0 Å². The molecule has 1 fully saturated rings. The molecular weight excluding hydrogens is 422 g/mol. The first-order valence-corrected chi connectivity index (χ1v) is 11.4. The van der Waals surface area contributed by atoms with Crippen molar-refractivity contribution in [2.45, 2.75) is 13.5 Å². The lowest BCUT2D eigenvalue weighted by molar-refractivity contribution is 0.0538. The van der Waals surface area contributed by atoms with Crippen molar-refractivity contribution in [2.24, 2.45) is 0 Å². The molecule has 0 aliphatic carbocycles. The fourth-order valence-electron chi connectivity index (χ4n) is 4.02. The molecule has 4 aromatic rings. The van der Waals surface area contributed by atoms with E-state index in [-0.39, 0.29) is 11.8 Å². The van der Waals surface area contributed by atoms with Crippen LogP contribution in [-0.2, 0) is 6.54 Å². The van der Waals surface area contributed by atoms with E-state index in [0.717, 1.165) is 15.9 Å². The number of thiophene rings is 1. The number of hydrogen-bond acceptors (Lipinski definition) is 5. The monoisotopic (exact) mass is 445 g/mol. The topological polar surface area (TPSA) is 71.3 Å². The number of aryl methyl sites for hydroxylation is 1. The van der Waals surface area contributed by atoms with E-state index >= 15 is 0 Å². The molecule has 0 unspecified atom stereocenters. The summed E-state index contributed by atoms with van der Waals surface area (Å²) in [6.45, 7) is 4.74. The van der Waals surface area contributed by atoms with Crippen LogP contribution >= 0.6 is 11.3 Å². The SMILES string of the molecule is Cc1nn(Cc2ccccc2)c2sc(C(=O)N3CCN(C(=O)c4cccnc4)CC3)cc12. The molecule has 0 bridgehead atoms. The fraction of sp³-hybridized carbons (Fsp3) is 0.250. The maximum atomic E-state index is 13.2. The minimum atomic E-state index is -0.0383. The first kappa shape index (κ1) is 20.4. The highest BCUT2D eigenvalue weighted by molar-refractivity contribution is 7.20. The van der Waals surface area contributed by atoms with Crippen LogP contribution in [-0.4, -0.2) is 62.6 Å². The number of hydrogen-bond donors (Lipinski definition) is 0. The van der Waals surface area contributed by atoms with Crippen LogP contribution in [0.4, 0.5) is 0 Å². The lowest BCUT2D eigenvalue weighted by Crippen LogP contribution is -2.50. The minimum absolute atomic E-state index is 0.0188. The third-order valence-corrected chi connectivity index (χ3v) is 6.89. The molecule has 0 saturated carbocycles. The van der Waals surface area contributed by atoms with Crippen LogP contribution < -0.4 is 0 Å². The summed E-state index contributed by atoms with van der Waals surface area (Å²) in [5.41, 5.74) is 2.68. The molecule has 32 heavy (non-hydrogen) atoms. The van der Waals surface area contributed by atoms with E-state index in [1.54, 1.807) is 29.4 Å². The highest BCUT2D eigenvalue weighted by Gasteiger charge is 2.27. The Morgan fingerprint density at radius 2 is 1.69 bits per heavy atom. The first-order valence-electron chi connectivity index (χ1n) is 10.6. The summed E-state index contributed by atoms with van der Waals surface area (Å²) in [5.74, 6) is -0.0194. The number of benzene rings is 1. The second kappa shape index (κ2) is 8.55. The quantitative estimate of drug-likeness (QED) is 0.482. The molecule has 4 heterocycles. The van der Waals surface area contributed by atoms with Crippen molar-refractivity contribution < 1.29 is 9.59 Å². The van der Waals surface area contributed by atoms with Crippen molar-refractivity contribution in [1.82, 2.24) is 24.6 Å². The zero-order valence-corrected chi connectivity index (χ0v) is 18.6. The highest BCUT2D eigenvalue weighted by atomic mass is 32.1. The second-order valence-corrected chi connectivity index (χ2v) is 8.91. The van der Waals surface area contributed by atoms with Crippen molar-refractivity contribution in [3.05, 3.63) is 82.6 Å². The Hall–Kier alpha value is -3.52. The molecule has 0 N–H and O–H groups in total. The molecule has 1 aromatic carbocycles. The number of piperazine rings is 1. The summed E-state index contributed by atoms with van der Waals surface area (Å²) in [5, 5.41) is 5.70. The predicted octanol–water partition coefficient (Wildman–Crippen LogP) is 3.45. The van der Waals surface area contributed by atoms with Gasteiger partial charge >= 0.3 is 0 Å². The van der Waals surface area contributed by atoms with Gasteiger partial charge in [0, 0.05) is 44.0 Å². The van der Waals surface area contributed by atoms with E-state index in [2.05, 4.69) is 22.2 Å². The number of nitrogens with zero attached hydrogens (tertiary/aromatic N) is 5. The van der Waals surface area contributed by atoms with Gasteiger partial charge < -0.3 is 9.80 Å². The smallest absolute Gasteiger partial charge is 0.264 e. The molecule has 162 valence electrons. The number of amides is 2. The number of pyridine rings is 1. The zero-order chi connectivity index (χ0) is 22.1. The summed E-state index contributed by atoms with van der Waals surface area (Å²) < 4.78 is 1.98. The normalized spacial score (nSPS) is 14.2. The third-order valence-electron chi connectivity index (χ3n) is 5.76. The van der Waals surface area contributed by atoms with Crippen LogP contribution in [0.25, 0.3) is 10.2 Å². The van der Waals surface area contributed by atoms with Crippen LogP contribution in [0.15, 0.2) is 60.9 Å². The largest absolute Gasteiger partial charge is 0.335 e. The lowest BCUT2D eigenvalue weighted by atomic mass is 10.2. The van der Waals surface area contributed by atoms with E-state index in [0.29, 0.717) is 43.2 Å². The number of fused-ring (bicyclic) bond motifs is 1. The van der Waals surface area contributed by atoms with Crippen molar-refractivity contribution in [2.75, 3.05) is 26.2 Å². The molecule has 8 heteroatoms. The standard InChI is InChI=1S/C24H23N5O2S/c1-17-20-14-21(32-24(20)29(26-17)16-18-6-3-2-4-7-18)23(31)28-12-10-27(11-13-28)22(30)19-8-5-9-25-15-19/h2-9,14-15H,10-13,16H2,1H3. The van der Waals surface area contributed by atoms with Gasteiger partial charge in [-0.2, -0.15) is 5.10 Å². The van der Waals surface area contributed by atoms with E-state index < -0.39 is 0 Å². The average Bonchev–Trinajstić information content (AvgIpc) is 3.40. The Morgan fingerprint density at radius 3 is 2.38 bits per heavy atom. The van der Waals surface area contributed by atoms with Crippen LogP contribution in [0, 0.1) is 6.92 Å². The fourth-order valence-corrected chi connectivity index (χ4v) is 5.15. The van der Waals surface area contributed by atoms with Gasteiger partial charge in [-0.1, -0.05) is 30.3 Å². The number of rotatable bonds is 4. The molecule has 1 aliphatic rings. The van der Waals surface area contributed by atoms with Crippen LogP contribution in [0.2, 0.25) is 0 Å². The zero-order valence-electron chi connectivity index (χ0n) is 17.8. The molecule has 0 radical (unpaired) electrons. The molecule has 0 atom stereocenters. The average molecular weight is 446 g/mol. The summed E-state index contributed by atoms with van der Waals surface area (Å²) in [6.07, 6.45) is 3.23. The molecule has 2 amide bonds. The van der Waals surface area contributed by atoms with Gasteiger partial charge in [-0.25, -0.2) is 0 Å². The first-order chi connectivity index (χ1) is 15.6. The Kier molecular flexibility index (Phi) is 5.45. The third kappa shape index (κ3) is 3.89. The maximum Gasteiger partial charge on any atom is 0.264 e. The van der Waals surface area contributed by atoms with E-state index in [1.165, 1.54) is 16.9 Å². The van der Waals surface area contributed by atoms with Gasteiger partial charge in [-0.15, -0.1) is 11.3 Å². The summed E-state index contributed by atoms with van der Waals surface area (Å²) in [7, 11) is 0. The molecule has 1 saturated heterocycles. The van der Waals surface area contributed by atoms with Gasteiger partial charge in [0.05, 0.1) is 22.7 Å². The molecule has 0 spiro atoms. The van der Waals surface area contributed by atoms with Gasteiger partial charge in [-0.3, -0.25) is 19.3 Å². The van der Waals surface area contributed by atoms with E-state index in [1.807, 2.05) is 40.8 Å². The Labute approximate surface area is 189 Å². The number of carbonyl (C=O) groups is 2. The molecule has 7 nitrogen and oxygen atoms in total. The second-order valence-electron chi connectivity index (χ2n) is 7.88. The molecule has 1 aliphatic heterocycles. The Balaban J connectivity index is 1.29. The highest BCUT2D eigenvalue weighted by Crippen LogP contribution is 2.30. The van der Waals surface area contributed by atoms with Gasteiger partial charge in [0.2, 0.25) is 0 Å². The Morgan fingerprint density at radius 1 is 0.969 bits per heavy atom. The van der Waals surface area contributed by atoms with Gasteiger partial charge in [-0.05, 0) is 30.7 Å². The maximum absolute atomic E-state index is 13.2. The van der Waals surface area contributed by atoms with Gasteiger partial charge in [0.25, 0.3) is 11.8 Å². The summed E-state index contributed by atoms with van der Waals surface area (Å²) in [4.78, 5) is 35.2. The molecular formula is C24H23N5O2S. The molecule has 3 aromatic heterocycles. The van der Waals surface area contributed by atoms with Crippen LogP contribution in [0.1, 0.15) is 31.3 Å². The van der Waals surface area contributed by atoms with Gasteiger partial charge in [0.1, 0.15) is 4.83 Å². The van der Waals surface area contributed by atoms with E-state index in [9.17, 15) is 9.59 Å².